The topological polar surface area (TPSA) is 56.1 Å². The molecule has 1 saturated carbocycles. The lowest BCUT2D eigenvalue weighted by molar-refractivity contribution is -0.125. The number of carbonyl (C=O) groups excluding carboxylic acids is 1. The van der Waals surface area contributed by atoms with E-state index in [4.69, 9.17) is 9.72 Å². The Kier molecular flexibility index (Phi) is 9.00. The maximum absolute atomic E-state index is 12.3. The van der Waals surface area contributed by atoms with Gasteiger partial charge in [0.1, 0.15) is 11.6 Å². The molecule has 2 aromatic carbocycles. The first-order valence-electron chi connectivity index (χ1n) is 13.1. The summed E-state index contributed by atoms with van der Waals surface area (Å²) < 4.78 is 8.29. The number of fused-ring (bicyclic) bond motifs is 1. The van der Waals surface area contributed by atoms with Gasteiger partial charge in [0.25, 0.3) is 0 Å². The van der Waals surface area contributed by atoms with Crippen molar-refractivity contribution >= 4 is 16.9 Å². The van der Waals surface area contributed by atoms with Gasteiger partial charge in [-0.3, -0.25) is 4.79 Å². The van der Waals surface area contributed by atoms with Gasteiger partial charge in [-0.1, -0.05) is 55.5 Å². The van der Waals surface area contributed by atoms with E-state index in [9.17, 15) is 4.79 Å². The molecule has 0 atom stereocenters. The number of para-hydroxylation sites is 2. The average Bonchev–Trinajstić information content (AvgIpc) is 3.22. The molecule has 4 rings (SSSR count). The summed E-state index contributed by atoms with van der Waals surface area (Å²) in [5, 5.41) is 3.16. The molecule has 1 N–H and O–H groups in total. The molecule has 5 heteroatoms. The number of hydrogen-bond donors (Lipinski definition) is 1. The molecule has 182 valence electrons. The first-order valence-corrected chi connectivity index (χ1v) is 13.1. The quantitative estimate of drug-likeness (QED) is 0.326. The lowest BCUT2D eigenvalue weighted by Crippen LogP contribution is -2.32. The molecular weight excluding hydrogens is 422 g/mol. The van der Waals surface area contributed by atoms with Crippen LogP contribution in [0.5, 0.6) is 5.75 Å². The number of aryl methyl sites for hydroxylation is 3. The molecule has 1 aliphatic carbocycles. The molecule has 0 saturated heterocycles. The minimum absolute atomic E-state index is 0.253. The number of carbonyl (C=O) groups is 1. The highest BCUT2D eigenvalue weighted by Gasteiger charge is 2.20. The predicted octanol–water partition coefficient (Wildman–Crippen LogP) is 6.22. The monoisotopic (exact) mass is 461 g/mol. The number of unbranched alkanes of at least 4 members (excludes halogenated alkanes) is 2. The van der Waals surface area contributed by atoms with Gasteiger partial charge in [-0.2, -0.15) is 0 Å². The summed E-state index contributed by atoms with van der Waals surface area (Å²) in [4.78, 5) is 17.2. The van der Waals surface area contributed by atoms with E-state index in [1.807, 2.05) is 12.1 Å². The average molecular weight is 462 g/mol. The number of imidazole rings is 1. The van der Waals surface area contributed by atoms with Crippen LogP contribution in [0.3, 0.4) is 0 Å². The van der Waals surface area contributed by atoms with Crippen molar-refractivity contribution < 1.29 is 9.53 Å². The number of hydrogen-bond acceptors (Lipinski definition) is 3. The SMILES string of the molecule is Cc1ccc(OCCCn2c(CCCCCNC(=O)C3CCCCC3)nc3ccccc32)cc1. The number of ether oxygens (including phenoxy) is 1. The summed E-state index contributed by atoms with van der Waals surface area (Å²) >= 11 is 0. The fourth-order valence-corrected chi connectivity index (χ4v) is 4.92. The van der Waals surface area contributed by atoms with Crippen LogP contribution in [0.25, 0.3) is 11.0 Å². The normalized spacial score (nSPS) is 14.4. The van der Waals surface area contributed by atoms with Crippen LogP contribution >= 0.6 is 0 Å². The van der Waals surface area contributed by atoms with Gasteiger partial charge in [-0.25, -0.2) is 4.98 Å². The van der Waals surface area contributed by atoms with Crippen molar-refractivity contribution in [2.75, 3.05) is 13.2 Å². The molecule has 1 aliphatic rings. The third-order valence-corrected chi connectivity index (χ3v) is 6.90. The van der Waals surface area contributed by atoms with Crippen LogP contribution < -0.4 is 10.1 Å². The van der Waals surface area contributed by atoms with Crippen molar-refractivity contribution in [3.63, 3.8) is 0 Å². The van der Waals surface area contributed by atoms with E-state index in [2.05, 4.69) is 53.2 Å². The lowest BCUT2D eigenvalue weighted by atomic mass is 9.89. The van der Waals surface area contributed by atoms with Crippen molar-refractivity contribution in [1.82, 2.24) is 14.9 Å². The molecule has 1 amide bonds. The maximum Gasteiger partial charge on any atom is 0.223 e. The van der Waals surface area contributed by atoms with Crippen LogP contribution in [0.2, 0.25) is 0 Å². The van der Waals surface area contributed by atoms with Crippen molar-refractivity contribution in [3.05, 3.63) is 59.9 Å². The van der Waals surface area contributed by atoms with Gasteiger partial charge in [0.15, 0.2) is 0 Å². The van der Waals surface area contributed by atoms with Gasteiger partial charge in [-0.05, 0) is 63.3 Å². The molecule has 1 aromatic heterocycles. The Labute approximate surface area is 203 Å². The van der Waals surface area contributed by atoms with E-state index in [-0.39, 0.29) is 11.8 Å². The first kappa shape index (κ1) is 24.3. The summed E-state index contributed by atoms with van der Waals surface area (Å²) in [5.74, 6) is 2.61. The fraction of sp³-hybridized carbons (Fsp3) is 0.517. The van der Waals surface area contributed by atoms with Crippen molar-refractivity contribution in [3.8, 4) is 5.75 Å². The van der Waals surface area contributed by atoms with Crippen LogP contribution in [0.4, 0.5) is 0 Å². The molecule has 1 fully saturated rings. The largest absolute Gasteiger partial charge is 0.494 e. The highest BCUT2D eigenvalue weighted by molar-refractivity contribution is 5.78. The predicted molar refractivity (Wildman–Crippen MR) is 138 cm³/mol. The molecule has 0 unspecified atom stereocenters. The smallest absolute Gasteiger partial charge is 0.223 e. The fourth-order valence-electron chi connectivity index (χ4n) is 4.92. The second-order valence-corrected chi connectivity index (χ2v) is 9.62. The lowest BCUT2D eigenvalue weighted by Gasteiger charge is -2.20. The zero-order valence-corrected chi connectivity index (χ0v) is 20.6. The van der Waals surface area contributed by atoms with Gasteiger partial charge in [0, 0.05) is 25.4 Å². The summed E-state index contributed by atoms with van der Waals surface area (Å²) in [6.07, 6.45) is 11.0. The zero-order chi connectivity index (χ0) is 23.6. The molecular formula is C29H39N3O2. The van der Waals surface area contributed by atoms with E-state index in [0.29, 0.717) is 6.61 Å². The third-order valence-electron chi connectivity index (χ3n) is 6.90. The Balaban J connectivity index is 1.22. The maximum atomic E-state index is 12.3. The highest BCUT2D eigenvalue weighted by atomic mass is 16.5. The molecule has 0 bridgehead atoms. The second kappa shape index (κ2) is 12.6. The summed E-state index contributed by atoms with van der Waals surface area (Å²) in [5.41, 5.74) is 3.51. The summed E-state index contributed by atoms with van der Waals surface area (Å²) in [6.45, 7) is 4.47. The molecule has 1 heterocycles. The number of amides is 1. The standard InChI is InChI=1S/C29H39N3O2/c1-23-16-18-25(19-17-23)34-22-10-21-32-27-14-8-7-13-26(27)31-28(32)15-6-3-9-20-30-29(33)24-11-4-2-5-12-24/h7-8,13-14,16-19,24H,2-6,9-12,15,20-22H2,1H3,(H,30,33). The van der Waals surface area contributed by atoms with Crippen molar-refractivity contribution in [1.29, 1.82) is 0 Å². The van der Waals surface area contributed by atoms with Gasteiger partial charge in [-0.15, -0.1) is 0 Å². The second-order valence-electron chi connectivity index (χ2n) is 9.62. The van der Waals surface area contributed by atoms with Gasteiger partial charge >= 0.3 is 0 Å². The molecule has 5 nitrogen and oxygen atoms in total. The Hall–Kier alpha value is -2.82. The van der Waals surface area contributed by atoms with Crippen molar-refractivity contribution in [2.45, 2.75) is 77.7 Å². The number of rotatable bonds is 12. The van der Waals surface area contributed by atoms with Crippen molar-refractivity contribution in [2.24, 2.45) is 5.92 Å². The minimum Gasteiger partial charge on any atom is -0.494 e. The number of nitrogens with one attached hydrogen (secondary N) is 1. The highest BCUT2D eigenvalue weighted by Crippen LogP contribution is 2.23. The molecule has 3 aromatic rings. The Morgan fingerprint density at radius 3 is 2.62 bits per heavy atom. The zero-order valence-electron chi connectivity index (χ0n) is 20.6. The van der Waals surface area contributed by atoms with Gasteiger partial charge in [0.2, 0.25) is 5.91 Å². The Morgan fingerprint density at radius 1 is 1.00 bits per heavy atom. The van der Waals surface area contributed by atoms with Crippen LogP contribution in [0.1, 0.15) is 69.2 Å². The minimum atomic E-state index is 0.253. The Bertz CT molecular complexity index is 1040. The molecule has 0 spiro atoms. The van der Waals surface area contributed by atoms with E-state index in [1.54, 1.807) is 0 Å². The van der Waals surface area contributed by atoms with Gasteiger partial charge < -0.3 is 14.6 Å². The van der Waals surface area contributed by atoms with Crippen LogP contribution in [-0.4, -0.2) is 28.6 Å². The molecule has 0 aliphatic heterocycles. The first-order chi connectivity index (χ1) is 16.7. The third kappa shape index (κ3) is 6.85. The molecule has 34 heavy (non-hydrogen) atoms. The van der Waals surface area contributed by atoms with Crippen LogP contribution in [0, 0.1) is 12.8 Å². The molecule has 0 radical (unpaired) electrons. The van der Waals surface area contributed by atoms with E-state index in [1.165, 1.54) is 30.3 Å². The van der Waals surface area contributed by atoms with E-state index in [0.717, 1.165) is 75.1 Å². The summed E-state index contributed by atoms with van der Waals surface area (Å²) in [6, 6.07) is 16.6. The summed E-state index contributed by atoms with van der Waals surface area (Å²) in [7, 11) is 0. The van der Waals surface area contributed by atoms with E-state index >= 15 is 0 Å². The Morgan fingerprint density at radius 2 is 1.79 bits per heavy atom. The number of aromatic nitrogens is 2. The van der Waals surface area contributed by atoms with Crippen LogP contribution in [-0.2, 0) is 17.8 Å². The van der Waals surface area contributed by atoms with Gasteiger partial charge in [0.05, 0.1) is 17.6 Å². The number of benzene rings is 2. The van der Waals surface area contributed by atoms with Crippen LogP contribution in [0.15, 0.2) is 48.5 Å². The number of nitrogens with zero attached hydrogens (tertiary/aromatic N) is 2. The van der Waals surface area contributed by atoms with E-state index < -0.39 is 0 Å².